The summed E-state index contributed by atoms with van der Waals surface area (Å²) in [5, 5.41) is 11.8. The van der Waals surface area contributed by atoms with Crippen molar-refractivity contribution in [3.8, 4) is 0 Å². The van der Waals surface area contributed by atoms with Gasteiger partial charge in [0.25, 0.3) is 0 Å². The molecule has 0 aliphatic carbocycles. The van der Waals surface area contributed by atoms with Crippen LogP contribution in [-0.2, 0) is 30.6 Å². The van der Waals surface area contributed by atoms with E-state index in [0.717, 1.165) is 5.56 Å². The molecule has 0 heterocycles. The summed E-state index contributed by atoms with van der Waals surface area (Å²) in [4.78, 5) is 6.90. The Hall–Kier alpha value is -3.67. The summed E-state index contributed by atoms with van der Waals surface area (Å²) in [5.74, 6) is 0. The van der Waals surface area contributed by atoms with E-state index in [0.29, 0.717) is 39.5 Å². The van der Waals surface area contributed by atoms with E-state index in [1.807, 2.05) is 48.5 Å². The van der Waals surface area contributed by atoms with Crippen LogP contribution in [0.3, 0.4) is 0 Å². The van der Waals surface area contributed by atoms with Gasteiger partial charge >= 0.3 is 227 Å². The first-order valence-electron chi connectivity index (χ1n) is 13.3. The summed E-state index contributed by atoms with van der Waals surface area (Å²) in [6.45, 7) is 1.43. The molecule has 4 aromatic rings. The van der Waals surface area contributed by atoms with Gasteiger partial charge in [-0.05, 0) is 0 Å². The number of aliphatic hydroxyl groups is 1. The van der Waals surface area contributed by atoms with E-state index in [1.165, 1.54) is 22.8 Å². The Morgan fingerprint density at radius 1 is 0.658 bits per heavy atom. The van der Waals surface area contributed by atoms with E-state index in [2.05, 4.69) is 82.7 Å². The van der Waals surface area contributed by atoms with E-state index in [4.69, 9.17) is 0 Å². The van der Waals surface area contributed by atoms with Crippen molar-refractivity contribution in [2.45, 2.75) is 50.5 Å². The fourth-order valence-corrected chi connectivity index (χ4v) is 4.97. The summed E-state index contributed by atoms with van der Waals surface area (Å²) < 4.78 is 11.1. The Balaban J connectivity index is 1.64. The van der Waals surface area contributed by atoms with Crippen molar-refractivity contribution in [2.75, 3.05) is 0 Å². The number of hydrogen-bond acceptors (Lipinski definition) is 4. The molecule has 3 atom stereocenters. The summed E-state index contributed by atoms with van der Waals surface area (Å²) in [6.07, 6.45) is 2.49. The molecule has 0 fully saturated rings. The third kappa shape index (κ3) is 8.72. The minimum atomic E-state index is -0.653. The van der Waals surface area contributed by atoms with Gasteiger partial charge in [0.15, 0.2) is 0 Å². The molecule has 0 saturated carbocycles. The third-order valence-electron chi connectivity index (χ3n) is 6.84. The third-order valence-corrected chi connectivity index (χ3v) is 6.84. The van der Waals surface area contributed by atoms with E-state index in [9.17, 15) is 9.81 Å². The number of rotatable bonds is 14. The second-order valence-electron chi connectivity index (χ2n) is 9.71. The van der Waals surface area contributed by atoms with Crippen LogP contribution in [0.5, 0.6) is 0 Å². The van der Waals surface area contributed by atoms with Crippen LogP contribution >= 0.6 is 0 Å². The van der Waals surface area contributed by atoms with Gasteiger partial charge in [-0.1, -0.05) is 0 Å². The zero-order valence-electron chi connectivity index (χ0n) is 21.7. The minimum absolute atomic E-state index is 0.150. The molecule has 0 aromatic heterocycles. The van der Waals surface area contributed by atoms with E-state index in [-0.39, 0.29) is 12.1 Å². The Morgan fingerprint density at radius 3 is 1.53 bits per heavy atom. The van der Waals surface area contributed by atoms with Gasteiger partial charge < -0.3 is 0 Å². The van der Waals surface area contributed by atoms with Gasteiger partial charge in [0.05, 0.1) is 0 Å². The molecule has 0 saturated heterocycles. The van der Waals surface area contributed by atoms with Gasteiger partial charge in [0, 0.05) is 0 Å². The molecule has 0 spiro atoms. The maximum atomic E-state index is 11.8. The first-order chi connectivity index (χ1) is 18.7. The van der Waals surface area contributed by atoms with Crippen molar-refractivity contribution in [1.82, 2.24) is 4.90 Å². The van der Waals surface area contributed by atoms with Gasteiger partial charge in [-0.15, -0.1) is 0 Å². The van der Waals surface area contributed by atoms with Crippen LogP contribution in [0.4, 0.5) is 0 Å². The van der Waals surface area contributed by atoms with Crippen LogP contribution in [0, 0.1) is 0 Å². The fraction of sp³-hybridized carbons (Fsp3) is 0.242. The first kappa shape index (κ1) is 27.4. The van der Waals surface area contributed by atoms with Crippen LogP contribution in [0.1, 0.15) is 28.7 Å². The Labute approximate surface area is 227 Å². The van der Waals surface area contributed by atoms with Crippen LogP contribution < -0.4 is 0 Å². The Kier molecular flexibility index (Phi) is 10.7. The quantitative estimate of drug-likeness (QED) is 0.177. The molecule has 5 heteroatoms. The van der Waals surface area contributed by atoms with Crippen molar-refractivity contribution in [3.63, 3.8) is 0 Å². The molecular weight excluding hydrogens is 467 g/mol. The van der Waals surface area contributed by atoms with Crippen molar-refractivity contribution in [1.29, 1.82) is 0 Å². The average Bonchev–Trinajstić information content (AvgIpc) is 2.96. The van der Waals surface area contributed by atoms with E-state index < -0.39 is 6.10 Å². The predicted octanol–water partition coefficient (Wildman–Crippen LogP) is 5.74. The molecule has 4 rings (SSSR count). The molecule has 0 aliphatic heterocycles. The molecule has 0 bridgehead atoms. The number of aliphatic hydroxyl groups excluding tert-OH is 1. The van der Waals surface area contributed by atoms with Gasteiger partial charge in [-0.2, -0.15) is 0 Å². The molecule has 4 nitrogen and oxygen atoms in total. The van der Waals surface area contributed by atoms with Crippen LogP contribution in [0.15, 0.2) is 126 Å². The van der Waals surface area contributed by atoms with Crippen molar-refractivity contribution in [3.05, 3.63) is 144 Å². The molecule has 38 heavy (non-hydrogen) atoms. The van der Waals surface area contributed by atoms with Crippen molar-refractivity contribution >= 4 is 13.3 Å². The molecule has 1 N–H and O–H groups in total. The van der Waals surface area contributed by atoms with Crippen LogP contribution in [0.2, 0.25) is 0 Å². The zero-order chi connectivity index (χ0) is 26.4. The summed E-state index contributed by atoms with van der Waals surface area (Å²) in [5.41, 5.74) is 4.72. The molecule has 0 radical (unpaired) electrons. The molecule has 0 aliphatic rings. The second kappa shape index (κ2) is 14.9. The topological polar surface area (TPSA) is 52.9 Å². The zero-order valence-corrected chi connectivity index (χ0v) is 21.7. The molecular formula is C33H35BN2O2. The van der Waals surface area contributed by atoms with Crippen molar-refractivity contribution < 1.29 is 9.81 Å². The summed E-state index contributed by atoms with van der Waals surface area (Å²) in [7, 11) is 0.711. The molecule has 0 unspecified atom stereocenters. The van der Waals surface area contributed by atoms with Crippen molar-refractivity contribution in [2.24, 2.45) is 4.99 Å². The second-order valence-corrected chi connectivity index (χ2v) is 9.71. The number of nitrogens with zero attached hydrogens (tertiary/aromatic N) is 2. The van der Waals surface area contributed by atoms with Crippen LogP contribution in [-0.4, -0.2) is 41.5 Å². The molecule has 0 amide bonds. The predicted molar refractivity (Wildman–Crippen MR) is 156 cm³/mol. The van der Waals surface area contributed by atoms with Gasteiger partial charge in [0.2, 0.25) is 0 Å². The maximum absolute atomic E-state index is 11.8. The average molecular weight is 502 g/mol. The van der Waals surface area contributed by atoms with E-state index in [1.54, 1.807) is 0 Å². The fourth-order valence-electron chi connectivity index (χ4n) is 4.97. The number of hydrogen-bond donors (Lipinski definition) is 1. The standard InChI is InChI=1S/C33H35BN2O2/c37-33(23-31(35-26-34-38)21-27-13-5-1-6-14-27)32(22-28-15-7-2-8-16-28)36(24-29-17-9-3-10-18-29)25-30-19-11-4-12-20-30/h1-20,26,31-33,37H,21-25H2/b35-26-/t31-,32+,33-/m0/s1. The number of benzene rings is 4. The van der Waals surface area contributed by atoms with Gasteiger partial charge in [0.1, 0.15) is 0 Å². The monoisotopic (exact) mass is 502 g/mol. The summed E-state index contributed by atoms with van der Waals surface area (Å²) >= 11 is 0. The molecule has 192 valence electrons. The van der Waals surface area contributed by atoms with E-state index >= 15 is 0 Å². The first-order valence-corrected chi connectivity index (χ1v) is 13.3. The van der Waals surface area contributed by atoms with Crippen LogP contribution in [0.25, 0.3) is 0 Å². The van der Waals surface area contributed by atoms with Gasteiger partial charge in [-0.25, -0.2) is 0 Å². The summed E-state index contributed by atoms with van der Waals surface area (Å²) in [6, 6.07) is 41.0. The van der Waals surface area contributed by atoms with Gasteiger partial charge in [-0.3, -0.25) is 0 Å². The molecule has 4 aromatic carbocycles. The SMILES string of the molecule is O=B/C=N\[C@@H](Cc1ccccc1)C[C@H](O)[C@@H](Cc1ccccc1)N(Cc1ccccc1)Cc1ccccc1. The normalized spacial score (nSPS) is 13.7. The number of aliphatic imine (C=N–C) groups is 1. The Bertz CT molecular complexity index is 1200. The Morgan fingerprint density at radius 2 is 1.08 bits per heavy atom.